The summed E-state index contributed by atoms with van der Waals surface area (Å²) >= 11 is 0. The number of aryl methyl sites for hydroxylation is 1. The Hall–Kier alpha value is -4.33. The highest BCUT2D eigenvalue weighted by atomic mass is 16.7. The summed E-state index contributed by atoms with van der Waals surface area (Å²) in [5.41, 5.74) is 2.82. The largest absolute Gasteiger partial charge is 0.513 e. The SMILES string of the molecule is CCOC(=O)Oc1ccc(C(=O)Nc2ccccc2CNC(=O)CCCOc2ccccc2C)cc1. The molecule has 3 aromatic carbocycles. The maximum atomic E-state index is 12.7. The number of benzene rings is 3. The van der Waals surface area contributed by atoms with E-state index in [9.17, 15) is 14.4 Å². The van der Waals surface area contributed by atoms with Crippen LogP contribution in [0.5, 0.6) is 11.5 Å². The van der Waals surface area contributed by atoms with Gasteiger partial charge in [0.15, 0.2) is 0 Å². The van der Waals surface area contributed by atoms with Gasteiger partial charge in [-0.05, 0) is 67.8 Å². The number of hydrogen-bond acceptors (Lipinski definition) is 6. The van der Waals surface area contributed by atoms with Gasteiger partial charge in [0.2, 0.25) is 5.91 Å². The van der Waals surface area contributed by atoms with Gasteiger partial charge in [0.05, 0.1) is 13.2 Å². The Balaban J connectivity index is 1.47. The average Bonchev–Trinajstić information content (AvgIpc) is 2.87. The molecule has 8 nitrogen and oxygen atoms in total. The molecule has 3 rings (SSSR count). The van der Waals surface area contributed by atoms with Crippen molar-refractivity contribution in [3.63, 3.8) is 0 Å². The van der Waals surface area contributed by atoms with Crippen molar-refractivity contribution >= 4 is 23.7 Å². The van der Waals surface area contributed by atoms with E-state index in [1.165, 1.54) is 12.1 Å². The van der Waals surface area contributed by atoms with Crippen LogP contribution in [0.25, 0.3) is 0 Å². The number of nitrogens with one attached hydrogen (secondary N) is 2. The lowest BCUT2D eigenvalue weighted by Crippen LogP contribution is -2.24. The Bertz CT molecular complexity index is 1180. The molecule has 36 heavy (non-hydrogen) atoms. The van der Waals surface area contributed by atoms with E-state index in [0.717, 1.165) is 16.9 Å². The fourth-order valence-corrected chi connectivity index (χ4v) is 3.32. The molecule has 0 aromatic heterocycles. The number of rotatable bonds is 11. The molecule has 8 heteroatoms. The van der Waals surface area contributed by atoms with Crippen LogP contribution in [0.2, 0.25) is 0 Å². The third-order valence-corrected chi connectivity index (χ3v) is 5.22. The summed E-state index contributed by atoms with van der Waals surface area (Å²) in [4.78, 5) is 36.4. The Morgan fingerprint density at radius 3 is 2.36 bits per heavy atom. The maximum Gasteiger partial charge on any atom is 0.513 e. The van der Waals surface area contributed by atoms with Gasteiger partial charge < -0.3 is 24.8 Å². The first-order valence-electron chi connectivity index (χ1n) is 11.8. The summed E-state index contributed by atoms with van der Waals surface area (Å²) in [6.07, 6.45) is 0.124. The number of hydrogen-bond donors (Lipinski definition) is 2. The third kappa shape index (κ3) is 8.16. The third-order valence-electron chi connectivity index (χ3n) is 5.22. The predicted molar refractivity (Wildman–Crippen MR) is 136 cm³/mol. The van der Waals surface area contributed by atoms with Crippen LogP contribution in [0.4, 0.5) is 10.5 Å². The van der Waals surface area contributed by atoms with Gasteiger partial charge >= 0.3 is 6.16 Å². The molecule has 2 N–H and O–H groups in total. The second-order valence-electron chi connectivity index (χ2n) is 7.91. The fraction of sp³-hybridized carbons (Fsp3) is 0.250. The molecule has 0 fully saturated rings. The quantitative estimate of drug-likeness (QED) is 0.216. The van der Waals surface area contributed by atoms with Gasteiger partial charge in [-0.3, -0.25) is 9.59 Å². The highest BCUT2D eigenvalue weighted by Crippen LogP contribution is 2.19. The van der Waals surface area contributed by atoms with Crippen LogP contribution in [0, 0.1) is 6.92 Å². The van der Waals surface area contributed by atoms with Gasteiger partial charge in [-0.25, -0.2) is 4.79 Å². The Morgan fingerprint density at radius 2 is 1.61 bits per heavy atom. The fourth-order valence-electron chi connectivity index (χ4n) is 3.32. The monoisotopic (exact) mass is 490 g/mol. The van der Waals surface area contributed by atoms with Crippen molar-refractivity contribution in [3.05, 3.63) is 89.5 Å². The van der Waals surface area contributed by atoms with Gasteiger partial charge in [0.1, 0.15) is 11.5 Å². The first-order valence-corrected chi connectivity index (χ1v) is 11.8. The van der Waals surface area contributed by atoms with E-state index in [0.29, 0.717) is 30.7 Å². The van der Waals surface area contributed by atoms with E-state index >= 15 is 0 Å². The van der Waals surface area contributed by atoms with Gasteiger partial charge in [0, 0.05) is 24.2 Å². The topological polar surface area (TPSA) is 103 Å². The smallest absolute Gasteiger partial charge is 0.493 e. The first-order chi connectivity index (χ1) is 17.5. The number of ether oxygens (including phenoxy) is 3. The zero-order valence-corrected chi connectivity index (χ0v) is 20.4. The minimum absolute atomic E-state index is 0.0956. The molecule has 0 bridgehead atoms. The molecule has 0 saturated carbocycles. The number of anilines is 1. The first kappa shape index (κ1) is 26.3. The number of para-hydroxylation sites is 2. The number of carbonyl (C=O) groups is 3. The molecular formula is C28H30N2O6. The van der Waals surface area contributed by atoms with E-state index in [1.54, 1.807) is 31.2 Å². The maximum absolute atomic E-state index is 12.7. The van der Waals surface area contributed by atoms with E-state index in [4.69, 9.17) is 14.2 Å². The lowest BCUT2D eigenvalue weighted by atomic mass is 10.1. The van der Waals surface area contributed by atoms with Crippen molar-refractivity contribution in [3.8, 4) is 11.5 Å². The summed E-state index contributed by atoms with van der Waals surface area (Å²) in [7, 11) is 0. The zero-order chi connectivity index (χ0) is 25.8. The molecule has 0 aliphatic heterocycles. The van der Waals surface area contributed by atoms with Crippen molar-refractivity contribution in [2.24, 2.45) is 0 Å². The van der Waals surface area contributed by atoms with Crippen molar-refractivity contribution in [2.45, 2.75) is 33.2 Å². The second-order valence-corrected chi connectivity index (χ2v) is 7.91. The van der Waals surface area contributed by atoms with Crippen LogP contribution < -0.4 is 20.1 Å². The molecule has 0 aliphatic carbocycles. The highest BCUT2D eigenvalue weighted by Gasteiger charge is 2.11. The van der Waals surface area contributed by atoms with E-state index < -0.39 is 6.16 Å². The molecule has 0 radical (unpaired) electrons. The second kappa shape index (κ2) is 13.5. The molecule has 0 saturated heterocycles. The van der Waals surface area contributed by atoms with E-state index in [1.807, 2.05) is 43.3 Å². The van der Waals surface area contributed by atoms with Gasteiger partial charge in [-0.1, -0.05) is 36.4 Å². The van der Waals surface area contributed by atoms with Crippen LogP contribution >= 0.6 is 0 Å². The van der Waals surface area contributed by atoms with E-state index in [-0.39, 0.29) is 30.7 Å². The molecule has 0 atom stereocenters. The lowest BCUT2D eigenvalue weighted by molar-refractivity contribution is -0.121. The average molecular weight is 491 g/mol. The van der Waals surface area contributed by atoms with Crippen LogP contribution in [-0.4, -0.2) is 31.2 Å². The molecule has 188 valence electrons. The van der Waals surface area contributed by atoms with Crippen LogP contribution in [-0.2, 0) is 16.1 Å². The molecule has 2 amide bonds. The summed E-state index contributed by atoms with van der Waals surface area (Å²) in [6, 6.07) is 21.1. The van der Waals surface area contributed by atoms with Gasteiger partial charge in [-0.15, -0.1) is 0 Å². The van der Waals surface area contributed by atoms with Crippen LogP contribution in [0.1, 0.15) is 41.3 Å². The molecule has 0 heterocycles. The normalized spacial score (nSPS) is 10.3. The zero-order valence-electron chi connectivity index (χ0n) is 20.4. The molecule has 0 aliphatic rings. The highest BCUT2D eigenvalue weighted by molar-refractivity contribution is 6.04. The van der Waals surface area contributed by atoms with E-state index in [2.05, 4.69) is 10.6 Å². The molecule has 3 aromatic rings. The lowest BCUT2D eigenvalue weighted by Gasteiger charge is -2.13. The molecule has 0 unspecified atom stereocenters. The molecular weight excluding hydrogens is 460 g/mol. The minimum atomic E-state index is -0.801. The summed E-state index contributed by atoms with van der Waals surface area (Å²) < 4.78 is 15.5. The van der Waals surface area contributed by atoms with Crippen molar-refractivity contribution < 1.29 is 28.6 Å². The van der Waals surface area contributed by atoms with Crippen molar-refractivity contribution in [2.75, 3.05) is 18.5 Å². The van der Waals surface area contributed by atoms with Crippen LogP contribution in [0.3, 0.4) is 0 Å². The Kier molecular flexibility index (Phi) is 9.88. The standard InChI is InChI=1S/C28H30N2O6/c1-3-34-28(33)36-23-16-14-21(15-17-23)27(32)30-24-11-6-5-10-22(24)19-29-26(31)13-8-18-35-25-12-7-4-9-20(25)2/h4-7,9-12,14-17H,3,8,13,18-19H2,1-2H3,(H,29,31)(H,30,32). The van der Waals surface area contributed by atoms with Crippen LogP contribution in [0.15, 0.2) is 72.8 Å². The molecule has 0 spiro atoms. The van der Waals surface area contributed by atoms with Crippen molar-refractivity contribution in [1.29, 1.82) is 0 Å². The summed E-state index contributed by atoms with van der Waals surface area (Å²) in [6.45, 7) is 4.60. The summed E-state index contributed by atoms with van der Waals surface area (Å²) in [5, 5.41) is 5.76. The Morgan fingerprint density at radius 1 is 0.889 bits per heavy atom. The van der Waals surface area contributed by atoms with Gasteiger partial charge in [-0.2, -0.15) is 0 Å². The number of carbonyl (C=O) groups excluding carboxylic acids is 3. The Labute approximate surface area is 210 Å². The van der Waals surface area contributed by atoms with Crippen molar-refractivity contribution in [1.82, 2.24) is 5.32 Å². The summed E-state index contributed by atoms with van der Waals surface area (Å²) in [5.74, 6) is 0.674. The predicted octanol–water partition coefficient (Wildman–Crippen LogP) is 5.26. The number of amides is 2. The minimum Gasteiger partial charge on any atom is -0.493 e. The van der Waals surface area contributed by atoms with Gasteiger partial charge in [0.25, 0.3) is 5.91 Å².